The van der Waals surface area contributed by atoms with Gasteiger partial charge in [0.15, 0.2) is 0 Å². The van der Waals surface area contributed by atoms with E-state index < -0.39 is 10.0 Å². The van der Waals surface area contributed by atoms with Crippen molar-refractivity contribution in [3.05, 3.63) is 24.3 Å². The lowest BCUT2D eigenvalue weighted by molar-refractivity contribution is 0.552. The predicted octanol–water partition coefficient (Wildman–Crippen LogP) is 2.34. The zero-order valence-electron chi connectivity index (χ0n) is 10.6. The highest BCUT2D eigenvalue weighted by atomic mass is 32.2. The molecule has 0 saturated heterocycles. The molecule has 1 aromatic rings. The Labute approximate surface area is 109 Å². The van der Waals surface area contributed by atoms with Crippen molar-refractivity contribution in [2.24, 2.45) is 0 Å². The normalized spacial score (nSPS) is 16.9. The van der Waals surface area contributed by atoms with Gasteiger partial charge in [0, 0.05) is 18.3 Å². The Morgan fingerprint density at radius 1 is 1.17 bits per heavy atom. The molecule has 1 fully saturated rings. The molecule has 1 saturated carbocycles. The van der Waals surface area contributed by atoms with E-state index >= 15 is 0 Å². The van der Waals surface area contributed by atoms with E-state index in [-0.39, 0.29) is 6.04 Å². The molecule has 0 amide bonds. The van der Waals surface area contributed by atoms with E-state index in [4.69, 9.17) is 0 Å². The van der Waals surface area contributed by atoms with Gasteiger partial charge in [0.05, 0.1) is 4.90 Å². The fourth-order valence-electron chi connectivity index (χ4n) is 2.29. The molecule has 0 spiro atoms. The maximum Gasteiger partial charge on any atom is 0.240 e. The second-order valence-electron chi connectivity index (χ2n) is 4.66. The van der Waals surface area contributed by atoms with Crippen molar-refractivity contribution in [1.29, 1.82) is 0 Å². The summed E-state index contributed by atoms with van der Waals surface area (Å²) in [6.07, 6.45) is 4.14. The van der Waals surface area contributed by atoms with E-state index in [1.807, 2.05) is 6.92 Å². The van der Waals surface area contributed by atoms with Crippen LogP contribution in [0.2, 0.25) is 0 Å². The molecule has 0 radical (unpaired) electrons. The van der Waals surface area contributed by atoms with Crippen LogP contribution in [0.3, 0.4) is 0 Å². The first-order valence-corrected chi connectivity index (χ1v) is 7.96. The molecule has 0 atom stereocenters. The van der Waals surface area contributed by atoms with Crippen molar-refractivity contribution in [3.63, 3.8) is 0 Å². The van der Waals surface area contributed by atoms with Crippen molar-refractivity contribution in [2.75, 3.05) is 11.9 Å². The fraction of sp³-hybridized carbons (Fsp3) is 0.538. The maximum absolute atomic E-state index is 12.1. The Bertz CT molecular complexity index is 476. The van der Waals surface area contributed by atoms with Crippen molar-refractivity contribution >= 4 is 15.7 Å². The summed E-state index contributed by atoms with van der Waals surface area (Å²) < 4.78 is 27.0. The molecule has 0 unspecified atom stereocenters. The van der Waals surface area contributed by atoms with Crippen LogP contribution >= 0.6 is 0 Å². The largest absolute Gasteiger partial charge is 0.385 e. The molecule has 4 nitrogen and oxygen atoms in total. The summed E-state index contributed by atoms with van der Waals surface area (Å²) in [6.45, 7) is 2.83. The van der Waals surface area contributed by atoms with Gasteiger partial charge in [-0.1, -0.05) is 12.8 Å². The molecule has 1 aliphatic rings. The first-order valence-electron chi connectivity index (χ1n) is 6.48. The van der Waals surface area contributed by atoms with Gasteiger partial charge in [-0.2, -0.15) is 0 Å². The highest BCUT2D eigenvalue weighted by molar-refractivity contribution is 7.89. The molecule has 100 valence electrons. The molecular formula is C13H20N2O2S. The minimum atomic E-state index is -3.35. The van der Waals surface area contributed by atoms with Crippen molar-refractivity contribution in [1.82, 2.24) is 4.72 Å². The van der Waals surface area contributed by atoms with E-state index in [0.717, 1.165) is 37.9 Å². The van der Waals surface area contributed by atoms with Crippen molar-refractivity contribution in [3.8, 4) is 0 Å². The van der Waals surface area contributed by atoms with E-state index in [1.54, 1.807) is 24.3 Å². The van der Waals surface area contributed by atoms with Gasteiger partial charge in [-0.3, -0.25) is 0 Å². The monoisotopic (exact) mass is 268 g/mol. The average molecular weight is 268 g/mol. The Kier molecular flexibility index (Phi) is 4.24. The average Bonchev–Trinajstić information content (AvgIpc) is 2.82. The van der Waals surface area contributed by atoms with Gasteiger partial charge in [-0.25, -0.2) is 13.1 Å². The summed E-state index contributed by atoms with van der Waals surface area (Å²) in [7, 11) is -3.35. The molecule has 18 heavy (non-hydrogen) atoms. The topological polar surface area (TPSA) is 58.2 Å². The summed E-state index contributed by atoms with van der Waals surface area (Å²) in [4.78, 5) is 0.344. The minimum absolute atomic E-state index is 0.114. The Morgan fingerprint density at radius 3 is 2.33 bits per heavy atom. The van der Waals surface area contributed by atoms with Crippen LogP contribution in [0.4, 0.5) is 5.69 Å². The second-order valence-corrected chi connectivity index (χ2v) is 6.37. The zero-order chi connectivity index (χ0) is 13.0. The summed E-state index contributed by atoms with van der Waals surface area (Å²) in [6, 6.07) is 7.01. The fourth-order valence-corrected chi connectivity index (χ4v) is 3.59. The van der Waals surface area contributed by atoms with Gasteiger partial charge in [0.1, 0.15) is 0 Å². The molecule has 1 aromatic carbocycles. The third-order valence-electron chi connectivity index (χ3n) is 3.22. The van der Waals surface area contributed by atoms with Gasteiger partial charge in [-0.05, 0) is 44.0 Å². The lowest BCUT2D eigenvalue weighted by atomic mass is 10.3. The quantitative estimate of drug-likeness (QED) is 0.861. The first-order chi connectivity index (χ1) is 8.62. The number of anilines is 1. The van der Waals surface area contributed by atoms with Gasteiger partial charge in [0.2, 0.25) is 10.0 Å². The van der Waals surface area contributed by atoms with Gasteiger partial charge in [-0.15, -0.1) is 0 Å². The molecule has 0 aliphatic heterocycles. The smallest absolute Gasteiger partial charge is 0.240 e. The number of hydrogen-bond donors (Lipinski definition) is 2. The van der Waals surface area contributed by atoms with Gasteiger partial charge < -0.3 is 5.32 Å². The lowest BCUT2D eigenvalue weighted by Crippen LogP contribution is -2.32. The third kappa shape index (κ3) is 3.23. The molecule has 2 N–H and O–H groups in total. The van der Waals surface area contributed by atoms with Crippen LogP contribution in [0.5, 0.6) is 0 Å². The van der Waals surface area contributed by atoms with Crippen LogP contribution < -0.4 is 10.0 Å². The number of nitrogens with one attached hydrogen (secondary N) is 2. The van der Waals surface area contributed by atoms with Crippen molar-refractivity contribution < 1.29 is 8.42 Å². The summed E-state index contributed by atoms with van der Waals surface area (Å²) >= 11 is 0. The van der Waals surface area contributed by atoms with Crippen LogP contribution in [-0.2, 0) is 10.0 Å². The summed E-state index contributed by atoms with van der Waals surface area (Å²) in [5.41, 5.74) is 0.942. The van der Waals surface area contributed by atoms with Crippen molar-refractivity contribution in [2.45, 2.75) is 43.5 Å². The minimum Gasteiger partial charge on any atom is -0.385 e. The van der Waals surface area contributed by atoms with E-state index in [2.05, 4.69) is 10.0 Å². The number of rotatable bonds is 5. The molecule has 0 aromatic heterocycles. The van der Waals surface area contributed by atoms with Crippen LogP contribution in [0.1, 0.15) is 32.6 Å². The highest BCUT2D eigenvalue weighted by Gasteiger charge is 2.22. The maximum atomic E-state index is 12.1. The molecule has 0 heterocycles. The summed E-state index contributed by atoms with van der Waals surface area (Å²) in [5.74, 6) is 0. The molecular weight excluding hydrogens is 248 g/mol. The van der Waals surface area contributed by atoms with Crippen LogP contribution in [0.25, 0.3) is 0 Å². The Hall–Kier alpha value is -1.07. The number of benzene rings is 1. The van der Waals surface area contributed by atoms with Gasteiger partial charge in [0.25, 0.3) is 0 Å². The van der Waals surface area contributed by atoms with Crippen LogP contribution in [0, 0.1) is 0 Å². The molecule has 2 rings (SSSR count). The zero-order valence-corrected chi connectivity index (χ0v) is 11.5. The van der Waals surface area contributed by atoms with E-state index in [1.165, 1.54) is 0 Å². The number of hydrogen-bond acceptors (Lipinski definition) is 3. The predicted molar refractivity (Wildman–Crippen MR) is 73.2 cm³/mol. The van der Waals surface area contributed by atoms with E-state index in [0.29, 0.717) is 4.90 Å². The van der Waals surface area contributed by atoms with Crippen LogP contribution in [-0.4, -0.2) is 21.0 Å². The standard InChI is InChI=1S/C13H20N2O2S/c1-2-14-11-7-9-13(10-8-11)18(16,17)15-12-5-3-4-6-12/h7-10,12,14-15H,2-6H2,1H3. The van der Waals surface area contributed by atoms with E-state index in [9.17, 15) is 8.42 Å². The molecule has 1 aliphatic carbocycles. The first kappa shape index (κ1) is 13.4. The van der Waals surface area contributed by atoms with Crippen LogP contribution in [0.15, 0.2) is 29.2 Å². The third-order valence-corrected chi connectivity index (χ3v) is 4.76. The molecule has 0 bridgehead atoms. The Balaban J connectivity index is 2.08. The molecule has 5 heteroatoms. The SMILES string of the molecule is CCNc1ccc(S(=O)(=O)NC2CCCC2)cc1. The second kappa shape index (κ2) is 5.71. The number of sulfonamides is 1. The Morgan fingerprint density at radius 2 is 1.78 bits per heavy atom. The van der Waals surface area contributed by atoms with Gasteiger partial charge >= 0.3 is 0 Å². The lowest BCUT2D eigenvalue weighted by Gasteiger charge is -2.13. The highest BCUT2D eigenvalue weighted by Crippen LogP contribution is 2.21. The summed E-state index contributed by atoms with van der Waals surface area (Å²) in [5, 5.41) is 3.14.